The SMILES string of the molecule is Cc1cccc(C(=O)O)c1O.O=C(O)C1c2ccccc2Oc2ccccc21.O=P(O)(O)OP(=O)(O)O. The van der Waals surface area contributed by atoms with Gasteiger partial charge in [0.25, 0.3) is 0 Å². The molecule has 0 unspecified atom stereocenters. The van der Waals surface area contributed by atoms with Gasteiger partial charge in [-0.1, -0.05) is 48.5 Å². The Bertz CT molecular complexity index is 1310. The number of para-hydroxylation sites is 3. The number of carbonyl (C=O) groups is 2. The summed E-state index contributed by atoms with van der Waals surface area (Å²) < 4.78 is 27.9. The van der Waals surface area contributed by atoms with E-state index in [0.29, 0.717) is 28.2 Å². The molecule has 0 atom stereocenters. The quantitative estimate of drug-likeness (QED) is 0.228. The molecule has 3 aromatic carbocycles. The molecule has 0 saturated carbocycles. The van der Waals surface area contributed by atoms with E-state index in [1.807, 2.05) is 24.3 Å². The summed E-state index contributed by atoms with van der Waals surface area (Å²) in [4.78, 5) is 52.8. The number of rotatable bonds is 4. The third-order valence-corrected chi connectivity index (χ3v) is 6.31. The molecule has 4 rings (SSSR count). The molecular weight excluding hydrogens is 534 g/mol. The molecule has 37 heavy (non-hydrogen) atoms. The van der Waals surface area contributed by atoms with E-state index >= 15 is 0 Å². The van der Waals surface area contributed by atoms with Crippen LogP contribution in [-0.4, -0.2) is 46.8 Å². The smallest absolute Gasteiger partial charge is 0.478 e. The average molecular weight is 556 g/mol. The van der Waals surface area contributed by atoms with E-state index in [1.54, 1.807) is 43.3 Å². The fourth-order valence-corrected chi connectivity index (χ4v) is 4.25. The van der Waals surface area contributed by atoms with Crippen LogP contribution >= 0.6 is 15.6 Å². The lowest BCUT2D eigenvalue weighted by Gasteiger charge is -2.25. The summed E-state index contributed by atoms with van der Waals surface area (Å²) in [5.41, 5.74) is 1.94. The first-order valence-corrected chi connectivity index (χ1v) is 13.1. The molecule has 15 heteroatoms. The highest BCUT2D eigenvalue weighted by atomic mass is 31.3. The zero-order valence-corrected chi connectivity index (χ0v) is 20.7. The number of fused-ring (bicyclic) bond motifs is 2. The summed E-state index contributed by atoms with van der Waals surface area (Å²) in [5.74, 6) is -1.51. The van der Waals surface area contributed by atoms with Crippen molar-refractivity contribution in [3.8, 4) is 17.2 Å². The predicted octanol–water partition coefficient (Wildman–Crippen LogP) is 3.60. The van der Waals surface area contributed by atoms with Crippen LogP contribution in [0.15, 0.2) is 66.7 Å². The monoisotopic (exact) mass is 556 g/mol. The number of carboxylic acid groups (broad SMARTS) is 2. The van der Waals surface area contributed by atoms with Gasteiger partial charge in [-0.05, 0) is 30.7 Å². The van der Waals surface area contributed by atoms with Gasteiger partial charge in [-0.25, -0.2) is 13.9 Å². The molecule has 1 aliphatic rings. The van der Waals surface area contributed by atoms with Crippen molar-refractivity contribution in [2.75, 3.05) is 0 Å². The number of carboxylic acids is 2. The van der Waals surface area contributed by atoms with Crippen LogP contribution in [0.3, 0.4) is 0 Å². The zero-order valence-electron chi connectivity index (χ0n) is 18.9. The molecule has 0 bridgehead atoms. The van der Waals surface area contributed by atoms with Gasteiger partial charge in [0.15, 0.2) is 0 Å². The van der Waals surface area contributed by atoms with E-state index in [4.69, 9.17) is 29.4 Å². The second-order valence-corrected chi connectivity index (χ2v) is 9.90. The average Bonchev–Trinajstić information content (AvgIpc) is 2.77. The van der Waals surface area contributed by atoms with Gasteiger partial charge in [-0.15, -0.1) is 0 Å². The first-order valence-electron chi connectivity index (χ1n) is 10.0. The maximum Gasteiger partial charge on any atom is 0.478 e. The van der Waals surface area contributed by atoms with Gasteiger partial charge in [-0.3, -0.25) is 4.79 Å². The first kappa shape index (κ1) is 29.7. The summed E-state index contributed by atoms with van der Waals surface area (Å²) >= 11 is 0. The minimum Gasteiger partial charge on any atom is -0.507 e. The number of phosphoric acid groups is 2. The number of aryl methyl sites for hydroxylation is 1. The van der Waals surface area contributed by atoms with Crippen molar-refractivity contribution in [2.24, 2.45) is 0 Å². The van der Waals surface area contributed by atoms with Crippen molar-refractivity contribution in [2.45, 2.75) is 12.8 Å². The molecule has 0 aromatic heterocycles. The van der Waals surface area contributed by atoms with Crippen molar-refractivity contribution in [1.29, 1.82) is 0 Å². The molecule has 0 saturated heterocycles. The summed E-state index contributed by atoms with van der Waals surface area (Å²) in [6.45, 7) is 1.65. The number of aliphatic carboxylic acids is 1. The molecular formula is C22H22O13P2. The van der Waals surface area contributed by atoms with Gasteiger partial charge in [0.05, 0.1) is 0 Å². The second-order valence-electron chi connectivity index (χ2n) is 7.29. The Kier molecular flexibility index (Phi) is 9.73. The van der Waals surface area contributed by atoms with Crippen molar-refractivity contribution >= 4 is 27.6 Å². The molecule has 1 aliphatic heterocycles. The summed E-state index contributed by atoms with van der Waals surface area (Å²) in [5, 5.41) is 27.1. The van der Waals surface area contributed by atoms with Crippen LogP contribution in [0.2, 0.25) is 0 Å². The van der Waals surface area contributed by atoms with Crippen molar-refractivity contribution in [3.63, 3.8) is 0 Å². The largest absolute Gasteiger partial charge is 0.507 e. The van der Waals surface area contributed by atoms with Crippen LogP contribution in [0.5, 0.6) is 17.2 Å². The van der Waals surface area contributed by atoms with Crippen LogP contribution in [0.4, 0.5) is 0 Å². The first-order chi connectivity index (χ1) is 17.1. The number of aromatic carboxylic acids is 1. The third kappa shape index (κ3) is 8.81. The Balaban J connectivity index is 0.000000210. The Morgan fingerprint density at radius 2 is 1.24 bits per heavy atom. The fraction of sp³-hybridized carbons (Fsp3) is 0.0909. The summed E-state index contributed by atoms with van der Waals surface area (Å²) in [7, 11) is -10.1. The maximum atomic E-state index is 11.4. The van der Waals surface area contributed by atoms with Crippen LogP contribution < -0.4 is 4.74 Å². The van der Waals surface area contributed by atoms with Crippen LogP contribution in [0, 0.1) is 6.92 Å². The highest BCUT2D eigenvalue weighted by Crippen LogP contribution is 2.53. The number of benzene rings is 3. The topological polar surface area (TPSA) is 228 Å². The van der Waals surface area contributed by atoms with E-state index in [2.05, 4.69) is 4.31 Å². The van der Waals surface area contributed by atoms with E-state index in [0.717, 1.165) is 0 Å². The van der Waals surface area contributed by atoms with Gasteiger partial charge < -0.3 is 39.6 Å². The van der Waals surface area contributed by atoms with E-state index in [-0.39, 0.29) is 11.3 Å². The van der Waals surface area contributed by atoms with Gasteiger partial charge in [0, 0.05) is 11.1 Å². The number of hydrogen-bond acceptors (Lipinski definition) is 7. The van der Waals surface area contributed by atoms with Crippen LogP contribution in [-0.2, 0) is 18.2 Å². The third-order valence-electron chi connectivity index (χ3n) is 4.61. The van der Waals surface area contributed by atoms with E-state index in [1.165, 1.54) is 6.07 Å². The molecule has 1 heterocycles. The van der Waals surface area contributed by atoms with Crippen molar-refractivity contribution in [1.82, 2.24) is 0 Å². The Morgan fingerprint density at radius 1 is 0.784 bits per heavy atom. The predicted molar refractivity (Wildman–Crippen MR) is 127 cm³/mol. The van der Waals surface area contributed by atoms with Gasteiger partial charge in [-0.2, -0.15) is 4.31 Å². The second kappa shape index (κ2) is 12.1. The zero-order chi connectivity index (χ0) is 28.0. The van der Waals surface area contributed by atoms with E-state index < -0.39 is 33.5 Å². The highest BCUT2D eigenvalue weighted by molar-refractivity contribution is 7.60. The van der Waals surface area contributed by atoms with Crippen molar-refractivity contribution in [3.05, 3.63) is 89.0 Å². The highest BCUT2D eigenvalue weighted by Gasteiger charge is 2.32. The Hall–Kier alpha value is -3.54. The molecule has 0 spiro atoms. The Morgan fingerprint density at radius 3 is 1.59 bits per heavy atom. The molecule has 3 aromatic rings. The number of ether oxygens (including phenoxy) is 1. The van der Waals surface area contributed by atoms with Crippen molar-refractivity contribution < 1.29 is 62.7 Å². The van der Waals surface area contributed by atoms with Gasteiger partial charge in [0.2, 0.25) is 0 Å². The number of phenols is 1. The number of aromatic hydroxyl groups is 1. The maximum absolute atomic E-state index is 11.4. The molecule has 0 amide bonds. The summed E-state index contributed by atoms with van der Waals surface area (Å²) in [6, 6.07) is 19.1. The minimum atomic E-state index is -5.05. The molecule has 0 fully saturated rings. The molecule has 0 aliphatic carbocycles. The molecule has 198 valence electrons. The van der Waals surface area contributed by atoms with Crippen LogP contribution in [0.1, 0.15) is 33.0 Å². The normalized spacial score (nSPS) is 12.4. The minimum absolute atomic E-state index is 0.0509. The molecule has 0 radical (unpaired) electrons. The lowest BCUT2D eigenvalue weighted by molar-refractivity contribution is -0.137. The number of hydrogen-bond donors (Lipinski definition) is 7. The standard InChI is InChI=1S/C14H10O3.C8H8O3.H4O7P2/c15-14(16)13-9-5-1-3-7-11(9)17-12-8-4-2-6-10(12)13;1-5-3-2-4-6(7(5)9)8(10)11;1-8(2,3)7-9(4,5)6/h1-8,13H,(H,15,16);2-4,9H,1H3,(H,10,11);(H2,1,2,3)(H2,4,5,6). The molecule has 13 nitrogen and oxygen atoms in total. The lowest BCUT2D eigenvalue weighted by atomic mass is 9.88. The summed E-state index contributed by atoms with van der Waals surface area (Å²) in [6.07, 6.45) is 0. The van der Waals surface area contributed by atoms with E-state index in [9.17, 15) is 28.9 Å². The van der Waals surface area contributed by atoms with Crippen LogP contribution in [0.25, 0.3) is 0 Å². The lowest BCUT2D eigenvalue weighted by Crippen LogP contribution is -2.18. The Labute approximate surface area is 209 Å². The fourth-order valence-electron chi connectivity index (χ4n) is 3.15. The van der Waals surface area contributed by atoms with Gasteiger partial charge in [0.1, 0.15) is 28.7 Å². The molecule has 7 N–H and O–H groups in total. The van der Waals surface area contributed by atoms with Gasteiger partial charge >= 0.3 is 27.6 Å².